The Morgan fingerprint density at radius 1 is 1.38 bits per heavy atom. The molecule has 3 aromatic rings. The number of pyridine rings is 1. The van der Waals surface area contributed by atoms with Gasteiger partial charge in [0, 0.05) is 17.8 Å². The molecule has 0 unspecified atom stereocenters. The third-order valence-corrected chi connectivity index (χ3v) is 3.22. The van der Waals surface area contributed by atoms with Crippen molar-refractivity contribution in [2.24, 2.45) is 0 Å². The molecule has 0 bridgehead atoms. The summed E-state index contributed by atoms with van der Waals surface area (Å²) in [7, 11) is 0. The van der Waals surface area contributed by atoms with E-state index in [1.165, 1.54) is 11.3 Å². The summed E-state index contributed by atoms with van der Waals surface area (Å²) in [6.45, 7) is 0.275. The second kappa shape index (κ2) is 6.09. The van der Waals surface area contributed by atoms with Crippen LogP contribution in [0.15, 0.2) is 42.3 Å². The van der Waals surface area contributed by atoms with E-state index in [2.05, 4.69) is 30.9 Å². The Labute approximate surface area is 123 Å². The van der Waals surface area contributed by atoms with Crippen LogP contribution < -0.4 is 10.6 Å². The molecular formula is C12H11N7OS. The number of anilines is 1. The van der Waals surface area contributed by atoms with Crippen LogP contribution >= 0.6 is 11.3 Å². The number of urea groups is 1. The van der Waals surface area contributed by atoms with Crippen LogP contribution in [0.25, 0.3) is 5.69 Å². The lowest BCUT2D eigenvalue weighted by Gasteiger charge is -2.02. The van der Waals surface area contributed by atoms with E-state index in [1.54, 1.807) is 34.8 Å². The molecule has 2 N–H and O–H groups in total. The molecule has 3 aromatic heterocycles. The molecule has 9 heteroatoms. The van der Waals surface area contributed by atoms with Crippen LogP contribution in [0.3, 0.4) is 0 Å². The highest BCUT2D eigenvalue weighted by Crippen LogP contribution is 2.09. The van der Waals surface area contributed by atoms with E-state index in [0.717, 1.165) is 5.69 Å². The highest BCUT2D eigenvalue weighted by atomic mass is 32.1. The van der Waals surface area contributed by atoms with Gasteiger partial charge in [0.25, 0.3) is 0 Å². The average Bonchev–Trinajstić information content (AvgIpc) is 3.17. The highest BCUT2D eigenvalue weighted by Gasteiger charge is 2.06. The van der Waals surface area contributed by atoms with Crippen molar-refractivity contribution < 1.29 is 4.79 Å². The Bertz CT molecular complexity index is 710. The number of amides is 2. The number of carbonyl (C=O) groups excluding carboxylic acids is 1. The molecule has 3 heterocycles. The molecular weight excluding hydrogens is 290 g/mol. The second-order valence-corrected chi connectivity index (χ2v) is 4.91. The quantitative estimate of drug-likeness (QED) is 0.760. The maximum atomic E-state index is 11.6. The van der Waals surface area contributed by atoms with E-state index < -0.39 is 0 Å². The summed E-state index contributed by atoms with van der Waals surface area (Å²) in [6, 6.07) is 3.35. The van der Waals surface area contributed by atoms with Crippen molar-refractivity contribution in [1.82, 2.24) is 30.3 Å². The third kappa shape index (κ3) is 3.39. The normalized spacial score (nSPS) is 10.3. The number of hydrogen-bond donors (Lipinski definition) is 2. The van der Waals surface area contributed by atoms with Gasteiger partial charge in [-0.1, -0.05) is 5.21 Å². The molecule has 0 atom stereocenters. The molecule has 0 aliphatic carbocycles. The van der Waals surface area contributed by atoms with Crippen molar-refractivity contribution in [2.45, 2.75) is 6.54 Å². The van der Waals surface area contributed by atoms with Crippen molar-refractivity contribution in [1.29, 1.82) is 0 Å². The van der Waals surface area contributed by atoms with Gasteiger partial charge in [0.1, 0.15) is 5.69 Å². The Balaban J connectivity index is 1.56. The minimum atomic E-state index is -0.333. The van der Waals surface area contributed by atoms with E-state index in [1.807, 2.05) is 12.1 Å². The molecule has 8 nitrogen and oxygen atoms in total. The summed E-state index contributed by atoms with van der Waals surface area (Å²) in [5.74, 6) is 0. The molecule has 0 saturated heterocycles. The van der Waals surface area contributed by atoms with Crippen molar-refractivity contribution in [3.63, 3.8) is 0 Å². The van der Waals surface area contributed by atoms with Crippen molar-refractivity contribution in [2.75, 3.05) is 5.32 Å². The Kier molecular flexibility index (Phi) is 3.83. The van der Waals surface area contributed by atoms with Crippen LogP contribution in [0.5, 0.6) is 0 Å². The topological polar surface area (TPSA) is 97.6 Å². The predicted octanol–water partition coefficient (Wildman–Crippen LogP) is 1.44. The highest BCUT2D eigenvalue weighted by molar-refractivity contribution is 7.13. The van der Waals surface area contributed by atoms with Gasteiger partial charge in [0.05, 0.1) is 24.6 Å². The Morgan fingerprint density at radius 2 is 2.33 bits per heavy atom. The summed E-state index contributed by atoms with van der Waals surface area (Å²) < 4.78 is 1.60. The lowest BCUT2D eigenvalue weighted by atomic mass is 10.4. The minimum Gasteiger partial charge on any atom is -0.332 e. The molecule has 0 aliphatic heterocycles. The molecule has 3 rings (SSSR count). The first-order valence-electron chi connectivity index (χ1n) is 6.07. The molecule has 2 amide bonds. The molecule has 0 radical (unpaired) electrons. The standard InChI is InChI=1S/C12H11N7OS/c20-11(16-12-14-4-5-21-12)15-6-9-8-19(18-17-9)10-2-1-3-13-7-10/h1-5,7-8H,6H2,(H2,14,15,16,20). The average molecular weight is 301 g/mol. The van der Waals surface area contributed by atoms with Gasteiger partial charge in [0.2, 0.25) is 0 Å². The van der Waals surface area contributed by atoms with Crippen molar-refractivity contribution >= 4 is 22.5 Å². The number of nitrogens with one attached hydrogen (secondary N) is 2. The fourth-order valence-electron chi connectivity index (χ4n) is 1.59. The Morgan fingerprint density at radius 3 is 3.10 bits per heavy atom. The van der Waals surface area contributed by atoms with Crippen LogP contribution in [-0.2, 0) is 6.54 Å². The molecule has 0 aromatic carbocycles. The lowest BCUT2D eigenvalue weighted by Crippen LogP contribution is -2.28. The fourth-order valence-corrected chi connectivity index (χ4v) is 2.12. The van der Waals surface area contributed by atoms with Crippen LogP contribution in [0, 0.1) is 0 Å². The molecule has 0 fully saturated rings. The number of nitrogens with zero attached hydrogens (tertiary/aromatic N) is 5. The van der Waals surface area contributed by atoms with Gasteiger partial charge in [-0.2, -0.15) is 0 Å². The Hall–Kier alpha value is -2.81. The zero-order valence-corrected chi connectivity index (χ0v) is 11.6. The second-order valence-electron chi connectivity index (χ2n) is 4.01. The van der Waals surface area contributed by atoms with Gasteiger partial charge < -0.3 is 5.32 Å². The summed E-state index contributed by atoms with van der Waals surface area (Å²) in [5, 5.41) is 15.6. The van der Waals surface area contributed by atoms with Gasteiger partial charge >= 0.3 is 6.03 Å². The fraction of sp³-hybridized carbons (Fsp3) is 0.0833. The molecule has 106 valence electrons. The van der Waals surface area contributed by atoms with Gasteiger partial charge in [-0.15, -0.1) is 16.4 Å². The van der Waals surface area contributed by atoms with E-state index in [9.17, 15) is 4.79 Å². The SMILES string of the molecule is O=C(NCc1cn(-c2cccnc2)nn1)Nc1nccs1. The number of carbonyl (C=O) groups is 1. The summed E-state index contributed by atoms with van der Waals surface area (Å²) in [4.78, 5) is 19.6. The summed E-state index contributed by atoms with van der Waals surface area (Å²) in [6.07, 6.45) is 6.73. The van der Waals surface area contributed by atoms with Gasteiger partial charge in [-0.3, -0.25) is 10.3 Å². The van der Waals surface area contributed by atoms with Gasteiger partial charge in [-0.05, 0) is 12.1 Å². The van der Waals surface area contributed by atoms with E-state index in [4.69, 9.17) is 0 Å². The minimum absolute atomic E-state index is 0.275. The number of aromatic nitrogens is 5. The number of rotatable bonds is 4. The monoisotopic (exact) mass is 301 g/mol. The van der Waals surface area contributed by atoms with Crippen LogP contribution in [0.2, 0.25) is 0 Å². The lowest BCUT2D eigenvalue weighted by molar-refractivity contribution is 0.251. The molecule has 21 heavy (non-hydrogen) atoms. The van der Waals surface area contributed by atoms with Crippen LogP contribution in [0.1, 0.15) is 5.69 Å². The first kappa shape index (κ1) is 13.2. The van der Waals surface area contributed by atoms with Gasteiger partial charge in [-0.25, -0.2) is 14.5 Å². The smallest absolute Gasteiger partial charge is 0.321 e. The van der Waals surface area contributed by atoms with Crippen molar-refractivity contribution in [3.8, 4) is 5.69 Å². The first-order chi connectivity index (χ1) is 10.3. The zero-order valence-electron chi connectivity index (χ0n) is 10.8. The summed E-state index contributed by atoms with van der Waals surface area (Å²) in [5.41, 5.74) is 1.46. The first-order valence-corrected chi connectivity index (χ1v) is 6.95. The molecule has 0 aliphatic rings. The number of thiazole rings is 1. The van der Waals surface area contributed by atoms with E-state index >= 15 is 0 Å². The van der Waals surface area contributed by atoms with Crippen LogP contribution in [0.4, 0.5) is 9.93 Å². The number of hydrogen-bond acceptors (Lipinski definition) is 6. The summed E-state index contributed by atoms with van der Waals surface area (Å²) >= 11 is 1.35. The van der Waals surface area contributed by atoms with Crippen molar-refractivity contribution in [3.05, 3.63) is 48.0 Å². The maximum absolute atomic E-state index is 11.6. The van der Waals surface area contributed by atoms with Crippen LogP contribution in [-0.4, -0.2) is 31.0 Å². The molecule has 0 saturated carbocycles. The predicted molar refractivity (Wildman–Crippen MR) is 77.1 cm³/mol. The maximum Gasteiger partial charge on any atom is 0.321 e. The molecule has 0 spiro atoms. The van der Waals surface area contributed by atoms with Gasteiger partial charge in [0.15, 0.2) is 5.13 Å². The van der Waals surface area contributed by atoms with E-state index in [-0.39, 0.29) is 12.6 Å². The largest absolute Gasteiger partial charge is 0.332 e. The third-order valence-electron chi connectivity index (χ3n) is 2.53. The zero-order chi connectivity index (χ0) is 14.5. The van der Waals surface area contributed by atoms with E-state index in [0.29, 0.717) is 10.8 Å².